The highest BCUT2D eigenvalue weighted by Gasteiger charge is 2.17. The van der Waals surface area contributed by atoms with E-state index in [1.807, 2.05) is 43.3 Å². The molecule has 27 heavy (non-hydrogen) atoms. The molecule has 1 aromatic heterocycles. The third-order valence-corrected chi connectivity index (χ3v) is 4.35. The van der Waals surface area contributed by atoms with Crippen LogP contribution >= 0.6 is 0 Å². The van der Waals surface area contributed by atoms with E-state index in [4.69, 9.17) is 0 Å². The van der Waals surface area contributed by atoms with Crippen molar-refractivity contribution in [2.24, 2.45) is 0 Å². The summed E-state index contributed by atoms with van der Waals surface area (Å²) >= 11 is 0. The zero-order valence-electron chi connectivity index (χ0n) is 14.8. The van der Waals surface area contributed by atoms with E-state index in [9.17, 15) is 20.0 Å². The lowest BCUT2D eigenvalue weighted by Gasteiger charge is -2.10. The number of carbonyl (C=O) groups excluding carboxylic acids is 1. The summed E-state index contributed by atoms with van der Waals surface area (Å²) < 4.78 is 1.38. The molecular formula is C22H18N2O3. The lowest BCUT2D eigenvalue weighted by atomic mass is 10.0. The summed E-state index contributed by atoms with van der Waals surface area (Å²) in [4.78, 5) is 25.3. The molecule has 3 rings (SSSR count). The number of nitrogens with zero attached hydrogens (tertiary/aromatic N) is 2. The van der Waals surface area contributed by atoms with Gasteiger partial charge in [-0.3, -0.25) is 9.59 Å². The molecule has 0 unspecified atom stereocenters. The van der Waals surface area contributed by atoms with Crippen molar-refractivity contribution in [2.45, 2.75) is 19.9 Å². The van der Waals surface area contributed by atoms with Gasteiger partial charge in [0.1, 0.15) is 17.4 Å². The van der Waals surface area contributed by atoms with Crippen LogP contribution in [0, 0.1) is 18.3 Å². The Balaban J connectivity index is 1.99. The third kappa shape index (κ3) is 3.96. The lowest BCUT2D eigenvalue weighted by molar-refractivity contribution is 0.103. The van der Waals surface area contributed by atoms with Crippen LogP contribution in [0.3, 0.4) is 0 Å². The number of benzene rings is 2. The van der Waals surface area contributed by atoms with Crippen LogP contribution in [0.5, 0.6) is 5.75 Å². The van der Waals surface area contributed by atoms with E-state index in [2.05, 4.69) is 0 Å². The van der Waals surface area contributed by atoms with Gasteiger partial charge in [-0.05, 0) is 37.1 Å². The molecule has 0 amide bonds. The van der Waals surface area contributed by atoms with Crippen LogP contribution in [0.1, 0.15) is 32.6 Å². The molecule has 0 bridgehead atoms. The molecule has 0 aliphatic carbocycles. The SMILES string of the molecule is Cc1ccc(O)c(C(=O)c2cc(C#N)c(=O)n(CCc3ccccc3)c2)c1. The van der Waals surface area contributed by atoms with Gasteiger partial charge in [0, 0.05) is 18.3 Å². The van der Waals surface area contributed by atoms with Crippen molar-refractivity contribution < 1.29 is 9.90 Å². The number of nitriles is 1. The number of aromatic nitrogens is 1. The minimum absolute atomic E-state index is 0.0962. The number of phenolic OH excluding ortho intramolecular Hbond substituents is 1. The topological polar surface area (TPSA) is 83.1 Å². The lowest BCUT2D eigenvalue weighted by Crippen LogP contribution is -2.25. The highest BCUT2D eigenvalue weighted by Crippen LogP contribution is 2.21. The molecule has 0 aliphatic heterocycles. The highest BCUT2D eigenvalue weighted by molar-refractivity contribution is 6.10. The van der Waals surface area contributed by atoms with E-state index in [1.54, 1.807) is 12.1 Å². The van der Waals surface area contributed by atoms with Crippen LogP contribution in [0.15, 0.2) is 65.6 Å². The molecule has 1 N–H and O–H groups in total. The summed E-state index contributed by atoms with van der Waals surface area (Å²) in [6, 6.07) is 17.5. The number of hydrogen-bond donors (Lipinski definition) is 1. The maximum atomic E-state index is 12.8. The fraction of sp³-hybridized carbons (Fsp3) is 0.136. The number of ketones is 1. The fourth-order valence-corrected chi connectivity index (χ4v) is 2.89. The van der Waals surface area contributed by atoms with Gasteiger partial charge in [-0.1, -0.05) is 42.0 Å². The van der Waals surface area contributed by atoms with Gasteiger partial charge in [0.15, 0.2) is 5.78 Å². The van der Waals surface area contributed by atoms with E-state index < -0.39 is 11.3 Å². The Morgan fingerprint density at radius 2 is 1.89 bits per heavy atom. The van der Waals surface area contributed by atoms with Gasteiger partial charge in [-0.2, -0.15) is 5.26 Å². The number of pyridine rings is 1. The summed E-state index contributed by atoms with van der Waals surface area (Å²) in [7, 11) is 0. The van der Waals surface area contributed by atoms with Crippen molar-refractivity contribution in [1.29, 1.82) is 5.26 Å². The predicted octanol–water partition coefficient (Wildman–Crippen LogP) is 3.21. The Labute approximate surface area is 156 Å². The third-order valence-electron chi connectivity index (χ3n) is 4.35. The van der Waals surface area contributed by atoms with Crippen LogP contribution < -0.4 is 5.56 Å². The standard InChI is InChI=1S/C22H18N2O3/c1-15-7-8-20(25)19(11-15)21(26)18-12-17(13-23)22(27)24(14-18)10-9-16-5-3-2-4-6-16/h2-8,11-12,14,25H,9-10H2,1H3. The van der Waals surface area contributed by atoms with Crippen LogP contribution in [0.4, 0.5) is 0 Å². The van der Waals surface area contributed by atoms with Gasteiger partial charge in [-0.15, -0.1) is 0 Å². The summed E-state index contributed by atoms with van der Waals surface area (Å²) in [6.07, 6.45) is 2.05. The molecule has 0 aliphatic rings. The number of phenols is 1. The first-order valence-corrected chi connectivity index (χ1v) is 8.52. The average molecular weight is 358 g/mol. The molecule has 0 saturated heterocycles. The zero-order valence-corrected chi connectivity index (χ0v) is 14.8. The van der Waals surface area contributed by atoms with Gasteiger partial charge >= 0.3 is 0 Å². The summed E-state index contributed by atoms with van der Waals surface area (Å²) in [5.74, 6) is -0.563. The van der Waals surface area contributed by atoms with E-state index >= 15 is 0 Å². The van der Waals surface area contributed by atoms with Crippen molar-refractivity contribution >= 4 is 5.78 Å². The fourth-order valence-electron chi connectivity index (χ4n) is 2.89. The average Bonchev–Trinajstić information content (AvgIpc) is 2.69. The number of rotatable bonds is 5. The van der Waals surface area contributed by atoms with Crippen molar-refractivity contribution in [3.8, 4) is 11.8 Å². The van der Waals surface area contributed by atoms with Crippen molar-refractivity contribution in [3.63, 3.8) is 0 Å². The van der Waals surface area contributed by atoms with Crippen molar-refractivity contribution in [1.82, 2.24) is 4.57 Å². The van der Waals surface area contributed by atoms with Gasteiger partial charge in [0.25, 0.3) is 5.56 Å². The molecule has 0 radical (unpaired) electrons. The normalized spacial score (nSPS) is 10.4. The van der Waals surface area contributed by atoms with E-state index in [0.29, 0.717) is 13.0 Å². The van der Waals surface area contributed by atoms with Crippen LogP contribution in [0.25, 0.3) is 0 Å². The molecule has 5 nitrogen and oxygen atoms in total. The van der Waals surface area contributed by atoms with Crippen LogP contribution in [-0.4, -0.2) is 15.5 Å². The Morgan fingerprint density at radius 1 is 1.15 bits per heavy atom. The smallest absolute Gasteiger partial charge is 0.268 e. The minimum Gasteiger partial charge on any atom is -0.507 e. The van der Waals surface area contributed by atoms with Crippen molar-refractivity contribution in [2.75, 3.05) is 0 Å². The monoisotopic (exact) mass is 358 g/mol. The Morgan fingerprint density at radius 3 is 2.59 bits per heavy atom. The first-order chi connectivity index (χ1) is 13.0. The maximum Gasteiger partial charge on any atom is 0.268 e. The Hall–Kier alpha value is -3.65. The molecule has 1 heterocycles. The second kappa shape index (κ2) is 7.71. The molecule has 0 saturated carbocycles. The number of aromatic hydroxyl groups is 1. The predicted molar refractivity (Wildman–Crippen MR) is 102 cm³/mol. The van der Waals surface area contributed by atoms with Gasteiger partial charge < -0.3 is 9.67 Å². The zero-order chi connectivity index (χ0) is 19.4. The van der Waals surface area contributed by atoms with Gasteiger partial charge in [0.05, 0.1) is 5.56 Å². The molecule has 2 aromatic carbocycles. The molecule has 134 valence electrons. The Bertz CT molecular complexity index is 1090. The second-order valence-electron chi connectivity index (χ2n) is 6.34. The molecular weight excluding hydrogens is 340 g/mol. The summed E-state index contributed by atoms with van der Waals surface area (Å²) in [6.45, 7) is 2.16. The first-order valence-electron chi connectivity index (χ1n) is 8.52. The highest BCUT2D eigenvalue weighted by atomic mass is 16.3. The van der Waals surface area contributed by atoms with E-state index in [0.717, 1.165) is 11.1 Å². The molecule has 3 aromatic rings. The quantitative estimate of drug-likeness (QED) is 0.710. The Kier molecular flexibility index (Phi) is 5.18. The number of aryl methyl sites for hydroxylation is 3. The van der Waals surface area contributed by atoms with Crippen molar-refractivity contribution in [3.05, 3.63) is 99.0 Å². The largest absolute Gasteiger partial charge is 0.507 e. The molecule has 0 spiro atoms. The summed E-state index contributed by atoms with van der Waals surface area (Å²) in [5.41, 5.74) is 1.69. The first kappa shape index (κ1) is 18.2. The van der Waals surface area contributed by atoms with E-state index in [1.165, 1.54) is 22.9 Å². The van der Waals surface area contributed by atoms with Gasteiger partial charge in [0.2, 0.25) is 0 Å². The second-order valence-corrected chi connectivity index (χ2v) is 6.34. The van der Waals surface area contributed by atoms with Gasteiger partial charge in [-0.25, -0.2) is 0 Å². The van der Waals surface area contributed by atoms with Crippen LogP contribution in [0.2, 0.25) is 0 Å². The molecule has 0 fully saturated rings. The molecule has 5 heteroatoms. The summed E-state index contributed by atoms with van der Waals surface area (Å²) in [5, 5.41) is 19.3. The number of hydrogen-bond acceptors (Lipinski definition) is 4. The molecule has 0 atom stereocenters. The minimum atomic E-state index is -0.432. The number of carbonyl (C=O) groups is 1. The maximum absolute atomic E-state index is 12.8. The van der Waals surface area contributed by atoms with E-state index in [-0.39, 0.29) is 22.4 Å². The van der Waals surface area contributed by atoms with Crippen LogP contribution in [-0.2, 0) is 13.0 Å².